The fourth-order valence-corrected chi connectivity index (χ4v) is 9.37. The van der Waals surface area contributed by atoms with E-state index < -0.39 is 144 Å². The van der Waals surface area contributed by atoms with Crippen molar-refractivity contribution in [2.24, 2.45) is 0 Å². The minimum atomic E-state index is -7.22. The summed E-state index contributed by atoms with van der Waals surface area (Å²) in [5.41, 5.74) is -14.3. The zero-order valence-electron chi connectivity index (χ0n) is 32.8. The Morgan fingerprint density at radius 1 is 0.294 bits per heavy atom. The van der Waals surface area contributed by atoms with E-state index >= 15 is 35.1 Å². The molecule has 0 atom stereocenters. The SMILES string of the molecule is Fc1c(F)c(F)c([B-](c2c(F)c(F)c(F)c(F)c2F)(c2c(F)c(F)c(F)c(F)c2F)c2c(F)c(F)c(F)c(F)c2F)c(F)c1F.c1ccc(OCCOc2ccccc2[I+]c2ccccc2)cc1. The molecule has 2 nitrogen and oxygen atoms in total. The minimum Gasteiger partial charge on any atom is -0.490 e. The number of ether oxygens (including phenoxy) is 2. The van der Waals surface area contributed by atoms with E-state index in [0.717, 1.165) is 11.5 Å². The highest BCUT2D eigenvalue weighted by Gasteiger charge is 2.52. The van der Waals surface area contributed by atoms with Gasteiger partial charge in [0.2, 0.25) is 3.57 Å². The average molecular weight is 1100 g/mol. The molecule has 0 saturated heterocycles. The highest BCUT2D eigenvalue weighted by Crippen LogP contribution is 2.31. The minimum absolute atomic E-state index is 0.226. The summed E-state index contributed by atoms with van der Waals surface area (Å²) >= 11 is -0.226. The molecule has 0 bridgehead atoms. The van der Waals surface area contributed by atoms with Crippen LogP contribution in [0.15, 0.2) is 84.9 Å². The van der Waals surface area contributed by atoms with Crippen LogP contribution in [0.25, 0.3) is 0 Å². The molecule has 0 N–H and O–H groups in total. The summed E-state index contributed by atoms with van der Waals surface area (Å²) in [4.78, 5) is 0. The monoisotopic (exact) mass is 1100 g/mol. The molecule has 68 heavy (non-hydrogen) atoms. The van der Waals surface area contributed by atoms with Gasteiger partial charge in [-0.25, -0.2) is 87.8 Å². The molecule has 7 aromatic carbocycles. The summed E-state index contributed by atoms with van der Waals surface area (Å²) in [5, 5.41) is 0. The molecule has 0 aromatic heterocycles. The molecule has 0 saturated carbocycles. The van der Waals surface area contributed by atoms with Gasteiger partial charge < -0.3 is 9.47 Å². The number of halogens is 21. The molecule has 7 rings (SSSR count). The van der Waals surface area contributed by atoms with Gasteiger partial charge >= 0.3 is 21.2 Å². The summed E-state index contributed by atoms with van der Waals surface area (Å²) in [5.74, 6) is -69.6. The Balaban J connectivity index is 0.000000276. The second-order valence-corrected chi connectivity index (χ2v) is 16.6. The zero-order valence-corrected chi connectivity index (χ0v) is 35.0. The van der Waals surface area contributed by atoms with Crippen LogP contribution in [0, 0.1) is 123 Å². The quantitative estimate of drug-likeness (QED) is 0.0344. The normalized spacial score (nSPS) is 11.4. The van der Waals surface area contributed by atoms with Crippen molar-refractivity contribution in [1.29, 1.82) is 0 Å². The van der Waals surface area contributed by atoms with Crippen LogP contribution in [-0.4, -0.2) is 19.4 Å². The first kappa shape index (κ1) is 50.9. The highest BCUT2D eigenvalue weighted by molar-refractivity contribution is 7.20. The predicted octanol–water partition coefficient (Wildman–Crippen LogP) is 7.12. The van der Waals surface area contributed by atoms with E-state index in [2.05, 4.69) is 42.5 Å². The van der Waals surface area contributed by atoms with Gasteiger partial charge in [-0.15, -0.1) is 21.9 Å². The lowest BCUT2D eigenvalue weighted by atomic mass is 9.12. The van der Waals surface area contributed by atoms with Gasteiger partial charge in [0.25, 0.3) is 0 Å². The molecule has 0 heterocycles. The largest absolute Gasteiger partial charge is 0.490 e. The van der Waals surface area contributed by atoms with Gasteiger partial charge in [-0.05, 0) is 36.4 Å². The van der Waals surface area contributed by atoms with Gasteiger partial charge in [-0.2, -0.15) is 0 Å². The third-order valence-electron chi connectivity index (χ3n) is 9.84. The number of rotatable bonds is 11. The summed E-state index contributed by atoms with van der Waals surface area (Å²) in [6, 6.07) is 28.7. The topological polar surface area (TPSA) is 18.5 Å². The fraction of sp³-hybridized carbons (Fsp3) is 0.0455. The van der Waals surface area contributed by atoms with Crippen molar-refractivity contribution >= 4 is 28.0 Å². The van der Waals surface area contributed by atoms with Crippen molar-refractivity contribution in [1.82, 2.24) is 0 Å². The van der Waals surface area contributed by atoms with Crippen LogP contribution in [-0.2, 0) is 0 Å². The van der Waals surface area contributed by atoms with Gasteiger partial charge in [0.1, 0.15) is 71.6 Å². The van der Waals surface area contributed by atoms with Crippen molar-refractivity contribution in [3.05, 3.63) is 208 Å². The molecule has 0 amide bonds. The summed E-state index contributed by atoms with van der Waals surface area (Å²) < 4.78 is 308. The molecular formula is C44H18BF20IO2. The predicted molar refractivity (Wildman–Crippen MR) is 197 cm³/mol. The molecule has 356 valence electrons. The van der Waals surface area contributed by atoms with Crippen molar-refractivity contribution in [2.75, 3.05) is 13.2 Å². The second kappa shape index (κ2) is 20.4. The molecule has 0 radical (unpaired) electrons. The Labute approximate surface area is 378 Å². The Morgan fingerprint density at radius 2 is 0.559 bits per heavy atom. The maximum atomic E-state index is 15.4. The van der Waals surface area contributed by atoms with Crippen LogP contribution < -0.4 is 52.5 Å². The van der Waals surface area contributed by atoms with Crippen molar-refractivity contribution in [3.63, 3.8) is 0 Å². The van der Waals surface area contributed by atoms with Gasteiger partial charge in [-0.1, -0.05) is 48.5 Å². The maximum absolute atomic E-state index is 15.4. The highest BCUT2D eigenvalue weighted by atomic mass is 127. The third-order valence-corrected chi connectivity index (χ3v) is 12.7. The molecule has 0 aliphatic carbocycles. The number of hydrogen-bond acceptors (Lipinski definition) is 2. The fourth-order valence-electron chi connectivity index (χ4n) is 6.94. The Morgan fingerprint density at radius 3 is 0.897 bits per heavy atom. The molecule has 24 heteroatoms. The van der Waals surface area contributed by atoms with E-state index in [1.54, 1.807) is 0 Å². The van der Waals surface area contributed by atoms with Crippen LogP contribution in [0.5, 0.6) is 11.5 Å². The van der Waals surface area contributed by atoms with Gasteiger partial charge in [0, 0.05) is 0 Å². The van der Waals surface area contributed by atoms with Crippen LogP contribution in [0.3, 0.4) is 0 Å². The number of para-hydroxylation sites is 2. The van der Waals surface area contributed by atoms with Crippen LogP contribution in [0.2, 0.25) is 0 Å². The molecular weight excluding hydrogens is 1080 g/mol. The van der Waals surface area contributed by atoms with Crippen molar-refractivity contribution < 1.29 is 118 Å². The molecule has 0 aliphatic rings. The van der Waals surface area contributed by atoms with Crippen molar-refractivity contribution in [2.45, 2.75) is 0 Å². The average Bonchev–Trinajstić information content (AvgIpc) is 3.34. The standard InChI is InChI=1S/C24BF20.C20H18IO2/c26-5-1(6(27)14(35)21(42)13(5)34)25(2-7(28)15(36)22(43)16(37)8(2)29,3-9(30)17(38)23(44)18(39)10(3)31)4-11(32)19(40)24(45)20(41)12(4)33;1-3-9-17(10-4-1)21-19-13-7-8-14-20(19)23-16-15-22-18-11-5-2-6-12-18/h;1-14H,15-16H2/q-1;+1. The lowest BCUT2D eigenvalue weighted by Crippen LogP contribution is -3.61. The molecule has 0 aliphatic heterocycles. The summed E-state index contributed by atoms with van der Waals surface area (Å²) in [7, 11) is 0. The third kappa shape index (κ3) is 8.88. The lowest BCUT2D eigenvalue weighted by Gasteiger charge is -2.44. The molecule has 0 fully saturated rings. The van der Waals surface area contributed by atoms with Gasteiger partial charge in [0.15, 0.2) is 79.1 Å². The summed E-state index contributed by atoms with van der Waals surface area (Å²) in [6.07, 6.45) is -7.22. The van der Waals surface area contributed by atoms with E-state index in [0.29, 0.717) is 13.2 Å². The number of hydrogen-bond donors (Lipinski definition) is 0. The van der Waals surface area contributed by atoms with Crippen LogP contribution in [0.4, 0.5) is 87.8 Å². The second-order valence-electron chi connectivity index (χ2n) is 13.6. The van der Waals surface area contributed by atoms with E-state index in [-0.39, 0.29) is 21.2 Å². The lowest BCUT2D eigenvalue weighted by molar-refractivity contribution is -0.598. The van der Waals surface area contributed by atoms with Crippen LogP contribution >= 0.6 is 0 Å². The Hall–Kier alpha value is -6.47. The first-order valence-corrected chi connectivity index (χ1v) is 20.6. The van der Waals surface area contributed by atoms with E-state index in [9.17, 15) is 52.7 Å². The van der Waals surface area contributed by atoms with E-state index in [1.807, 2.05) is 42.5 Å². The first-order valence-electron chi connectivity index (χ1n) is 18.4. The smallest absolute Gasteiger partial charge is 0.362 e. The summed E-state index contributed by atoms with van der Waals surface area (Å²) in [6.45, 7) is 1.09. The number of benzene rings is 7. The van der Waals surface area contributed by atoms with Gasteiger partial charge in [-0.3, -0.25) is 0 Å². The van der Waals surface area contributed by atoms with E-state index in [1.165, 1.54) is 7.14 Å². The van der Waals surface area contributed by atoms with Gasteiger partial charge in [0.05, 0.1) is 0 Å². The van der Waals surface area contributed by atoms with Crippen LogP contribution in [0.1, 0.15) is 0 Å². The Bertz CT molecular complexity index is 2670. The Kier molecular flexibility index (Phi) is 15.3. The van der Waals surface area contributed by atoms with Crippen molar-refractivity contribution in [3.8, 4) is 11.5 Å². The zero-order chi connectivity index (χ0) is 50.1. The maximum Gasteiger partial charge on any atom is 0.362 e. The molecule has 0 unspecified atom stereocenters. The molecule has 7 aromatic rings. The van der Waals surface area contributed by atoms with E-state index in [4.69, 9.17) is 9.47 Å². The first-order chi connectivity index (χ1) is 32.1. The molecule has 0 spiro atoms.